The highest BCUT2D eigenvalue weighted by molar-refractivity contribution is 5.69. The molecule has 5 aliphatic rings. The van der Waals surface area contributed by atoms with E-state index in [9.17, 15) is 13.9 Å². The first-order valence-electron chi connectivity index (χ1n) is 13.7. The fraction of sp³-hybridized carbons (Fsp3) is 0.500. The van der Waals surface area contributed by atoms with E-state index in [4.69, 9.17) is 0 Å². The molecular formula is C30H34F2N4O. The van der Waals surface area contributed by atoms with Crippen molar-refractivity contribution in [2.75, 3.05) is 18.4 Å². The van der Waals surface area contributed by atoms with E-state index in [0.717, 1.165) is 49.3 Å². The van der Waals surface area contributed by atoms with Crippen molar-refractivity contribution in [3.8, 4) is 11.3 Å². The second-order valence-corrected chi connectivity index (χ2v) is 11.9. The lowest BCUT2D eigenvalue weighted by Crippen LogP contribution is -2.61. The minimum Gasteiger partial charge on any atom is -0.392 e. The van der Waals surface area contributed by atoms with Crippen LogP contribution in [0.15, 0.2) is 55.0 Å². The zero-order chi connectivity index (χ0) is 25.1. The van der Waals surface area contributed by atoms with Gasteiger partial charge in [-0.2, -0.15) is 0 Å². The Bertz CT molecular complexity index is 1270. The van der Waals surface area contributed by atoms with Gasteiger partial charge in [0.2, 0.25) is 0 Å². The van der Waals surface area contributed by atoms with Crippen molar-refractivity contribution in [3.05, 3.63) is 72.2 Å². The number of benzene rings is 2. The van der Waals surface area contributed by atoms with Gasteiger partial charge in [-0.05, 0) is 92.0 Å². The molecule has 4 fully saturated rings. The molecule has 4 aliphatic carbocycles. The van der Waals surface area contributed by atoms with Gasteiger partial charge in [-0.1, -0.05) is 12.1 Å². The lowest BCUT2D eigenvalue weighted by molar-refractivity contribution is -0.137. The maximum absolute atomic E-state index is 15.0. The van der Waals surface area contributed by atoms with Gasteiger partial charge in [0.05, 0.1) is 30.4 Å². The van der Waals surface area contributed by atoms with E-state index in [1.165, 1.54) is 31.0 Å². The third kappa shape index (κ3) is 3.89. The van der Waals surface area contributed by atoms with Gasteiger partial charge in [-0.25, -0.2) is 13.8 Å². The summed E-state index contributed by atoms with van der Waals surface area (Å²) in [5, 5.41) is 19.0. The lowest BCUT2D eigenvalue weighted by atomic mass is 9.46. The van der Waals surface area contributed by atoms with Crippen molar-refractivity contribution in [2.45, 2.75) is 56.7 Å². The normalized spacial score (nSPS) is 31.8. The molecule has 3 aromatic rings. The Balaban J connectivity index is 1.03. The third-order valence-electron chi connectivity index (χ3n) is 9.82. The first kappa shape index (κ1) is 23.4. The first-order valence-corrected chi connectivity index (χ1v) is 13.7. The molecule has 4 atom stereocenters. The minimum absolute atomic E-state index is 0.0736. The number of fused-ring (bicyclic) bond motifs is 3. The van der Waals surface area contributed by atoms with Crippen molar-refractivity contribution in [1.29, 1.82) is 0 Å². The molecule has 0 saturated heterocycles. The number of aliphatic hydroxyl groups is 1. The highest BCUT2D eigenvalue weighted by Gasteiger charge is 2.58. The van der Waals surface area contributed by atoms with E-state index in [0.29, 0.717) is 35.8 Å². The summed E-state index contributed by atoms with van der Waals surface area (Å²) < 4.78 is 30.2. The summed E-state index contributed by atoms with van der Waals surface area (Å²) in [7, 11) is 0. The number of anilines is 1. The quantitative estimate of drug-likeness (QED) is 0.361. The van der Waals surface area contributed by atoms with Crippen LogP contribution < -0.4 is 10.6 Å². The predicted octanol–water partition coefficient (Wildman–Crippen LogP) is 5.38. The molecule has 194 valence electrons. The van der Waals surface area contributed by atoms with Gasteiger partial charge in [-0.15, -0.1) is 0 Å². The summed E-state index contributed by atoms with van der Waals surface area (Å²) in [6, 6.07) is 12.0. The zero-order valence-corrected chi connectivity index (χ0v) is 20.9. The number of nitrogens with zero attached hydrogens (tertiary/aromatic N) is 2. The Morgan fingerprint density at radius 2 is 1.81 bits per heavy atom. The van der Waals surface area contributed by atoms with Crippen LogP contribution in [0.1, 0.15) is 50.1 Å². The maximum atomic E-state index is 15.0. The summed E-state index contributed by atoms with van der Waals surface area (Å²) in [6.45, 7) is 1.65. The van der Waals surface area contributed by atoms with E-state index < -0.39 is 6.10 Å². The largest absolute Gasteiger partial charge is 0.392 e. The van der Waals surface area contributed by atoms with Gasteiger partial charge in [0.15, 0.2) is 0 Å². The van der Waals surface area contributed by atoms with Crippen LogP contribution in [0.3, 0.4) is 0 Å². The van der Waals surface area contributed by atoms with Crippen molar-refractivity contribution in [1.82, 2.24) is 14.9 Å². The average Bonchev–Trinajstić information content (AvgIpc) is 3.47. The summed E-state index contributed by atoms with van der Waals surface area (Å²) in [5.41, 5.74) is 3.41. The molecule has 3 N–H and O–H groups in total. The van der Waals surface area contributed by atoms with Gasteiger partial charge >= 0.3 is 0 Å². The second-order valence-electron chi connectivity index (χ2n) is 11.9. The molecular weight excluding hydrogens is 470 g/mol. The summed E-state index contributed by atoms with van der Waals surface area (Å²) in [5.74, 6) is 1.41. The Kier molecular flexibility index (Phi) is 5.63. The molecule has 8 rings (SSSR count). The topological polar surface area (TPSA) is 62.1 Å². The molecule has 5 nitrogen and oxygen atoms in total. The monoisotopic (exact) mass is 504 g/mol. The molecule has 1 aromatic heterocycles. The summed E-state index contributed by atoms with van der Waals surface area (Å²) >= 11 is 0. The zero-order valence-electron chi connectivity index (χ0n) is 20.9. The number of aromatic nitrogens is 2. The van der Waals surface area contributed by atoms with Crippen molar-refractivity contribution >= 4 is 5.69 Å². The summed E-state index contributed by atoms with van der Waals surface area (Å²) in [6.07, 6.45) is 9.29. The van der Waals surface area contributed by atoms with Gasteiger partial charge < -0.3 is 20.3 Å². The number of halogens is 2. The fourth-order valence-electron chi connectivity index (χ4n) is 8.53. The van der Waals surface area contributed by atoms with Crippen molar-refractivity contribution in [2.24, 2.45) is 23.2 Å². The molecule has 0 radical (unpaired) electrons. The van der Waals surface area contributed by atoms with Crippen molar-refractivity contribution in [3.63, 3.8) is 0 Å². The molecule has 7 heteroatoms. The highest BCUT2D eigenvalue weighted by Crippen LogP contribution is 2.62. The number of imidazole rings is 1. The summed E-state index contributed by atoms with van der Waals surface area (Å²) in [4.78, 5) is 4.32. The molecule has 1 aliphatic heterocycles. The molecule has 37 heavy (non-hydrogen) atoms. The van der Waals surface area contributed by atoms with Crippen molar-refractivity contribution < 1.29 is 13.9 Å². The lowest BCUT2D eigenvalue weighted by Gasteiger charge is -2.62. The van der Waals surface area contributed by atoms with E-state index in [1.54, 1.807) is 30.7 Å². The van der Waals surface area contributed by atoms with E-state index in [2.05, 4.69) is 20.2 Å². The minimum atomic E-state index is -0.465. The molecule has 4 unspecified atom stereocenters. The van der Waals surface area contributed by atoms with E-state index in [-0.39, 0.29) is 23.1 Å². The SMILES string of the molecule is OC(CC1c2c(F)cccc2-c2cncn21)C12CC3CC(C1)C(NCCNc1ccc(F)cc1)C(C3)C2. The van der Waals surface area contributed by atoms with Crippen LogP contribution in [-0.4, -0.2) is 39.9 Å². The van der Waals surface area contributed by atoms with E-state index >= 15 is 0 Å². The molecule has 4 saturated carbocycles. The van der Waals surface area contributed by atoms with Crippen LogP contribution in [0, 0.1) is 34.8 Å². The molecule has 4 bridgehead atoms. The predicted molar refractivity (Wildman–Crippen MR) is 139 cm³/mol. The second kappa shape index (κ2) is 8.91. The molecule has 2 heterocycles. The Morgan fingerprint density at radius 1 is 1.03 bits per heavy atom. The molecule has 2 aromatic carbocycles. The highest BCUT2D eigenvalue weighted by atomic mass is 19.1. The first-order chi connectivity index (χ1) is 18.0. The Hall–Kier alpha value is -2.77. The maximum Gasteiger partial charge on any atom is 0.129 e. The van der Waals surface area contributed by atoms with Gasteiger partial charge in [0.25, 0.3) is 0 Å². The van der Waals surface area contributed by atoms with Gasteiger partial charge in [-0.3, -0.25) is 0 Å². The average molecular weight is 505 g/mol. The standard InChI is InChI=1S/C30H34F2N4O/c31-21-4-6-22(7-5-21)34-8-9-35-29-19-10-18-11-20(29)15-30(13-18,14-19)27(37)12-25-28-23(2-1-3-24(28)32)26-16-33-17-36(25)26/h1-7,16-20,25,27,29,34-35,37H,8-15H2. The molecule has 0 amide bonds. The number of aliphatic hydroxyl groups excluding tert-OH is 1. The van der Waals surface area contributed by atoms with Crippen LogP contribution in [0.5, 0.6) is 0 Å². The van der Waals surface area contributed by atoms with Crippen LogP contribution >= 0.6 is 0 Å². The Labute approximate surface area is 216 Å². The van der Waals surface area contributed by atoms with Crippen LogP contribution in [0.4, 0.5) is 14.5 Å². The van der Waals surface area contributed by atoms with Crippen LogP contribution in [0.25, 0.3) is 11.3 Å². The number of hydrogen-bond donors (Lipinski definition) is 3. The van der Waals surface area contributed by atoms with Crippen LogP contribution in [-0.2, 0) is 0 Å². The van der Waals surface area contributed by atoms with E-state index in [1.807, 2.05) is 6.07 Å². The third-order valence-corrected chi connectivity index (χ3v) is 9.82. The van der Waals surface area contributed by atoms with Gasteiger partial charge in [0.1, 0.15) is 11.6 Å². The fourth-order valence-corrected chi connectivity index (χ4v) is 8.53. The molecule has 0 spiro atoms. The smallest absolute Gasteiger partial charge is 0.129 e. The van der Waals surface area contributed by atoms with Gasteiger partial charge in [0, 0.05) is 35.9 Å². The van der Waals surface area contributed by atoms with Crippen LogP contribution in [0.2, 0.25) is 0 Å². The number of nitrogens with one attached hydrogen (secondary N) is 2. The number of rotatable bonds is 8. The Morgan fingerprint density at radius 3 is 2.59 bits per heavy atom. The number of hydrogen-bond acceptors (Lipinski definition) is 4.